The number of phenolic OH excluding ortho intramolecular Hbond substituents is 1. The zero-order valence-corrected chi connectivity index (χ0v) is 16.7. The van der Waals surface area contributed by atoms with Crippen molar-refractivity contribution in [3.63, 3.8) is 0 Å². The average Bonchev–Trinajstić information content (AvgIpc) is 2.58. The maximum atomic E-state index is 12.7. The lowest BCUT2D eigenvalue weighted by atomic mass is 10.0. The Morgan fingerprint density at radius 1 is 1.12 bits per heavy atom. The van der Waals surface area contributed by atoms with Crippen LogP contribution < -0.4 is 0 Å². The molecule has 6 nitrogen and oxygen atoms in total. The van der Waals surface area contributed by atoms with Crippen molar-refractivity contribution in [2.24, 2.45) is 4.40 Å². The summed E-state index contributed by atoms with van der Waals surface area (Å²) in [5, 5.41) is 9.14. The first kappa shape index (κ1) is 20.5. The van der Waals surface area contributed by atoms with Gasteiger partial charge in [-0.25, -0.2) is 0 Å². The monoisotopic (exact) mass is 434 g/mol. The van der Waals surface area contributed by atoms with Crippen LogP contribution in [0.15, 0.2) is 39.6 Å². The second-order valence-electron chi connectivity index (χ2n) is 5.39. The Kier molecular flexibility index (Phi) is 6.18. The summed E-state index contributed by atoms with van der Waals surface area (Å²) in [6.45, 7) is 0. The molecule has 0 bridgehead atoms. The van der Waals surface area contributed by atoms with Gasteiger partial charge >= 0.3 is 0 Å². The smallest absolute Gasteiger partial charge is 0.285 e. The summed E-state index contributed by atoms with van der Waals surface area (Å²) in [6, 6.07) is 6.26. The van der Waals surface area contributed by atoms with Gasteiger partial charge in [0.2, 0.25) is 0 Å². The third-order valence-electron chi connectivity index (χ3n) is 3.19. The van der Waals surface area contributed by atoms with Crippen molar-refractivity contribution >= 4 is 56.9 Å². The fourth-order valence-electron chi connectivity index (χ4n) is 1.93. The number of carbonyl (C=O) groups excluding carboxylic acids is 1. The topological polar surface area (TPSA) is 87.0 Å². The SMILES string of the molecule is CN(C)/C=N/S(=O)(=O)c1cc(C(=O)c2ccc(O)c(Cl)c2Cl)ccc1Cl. The van der Waals surface area contributed by atoms with Crippen molar-refractivity contribution in [1.82, 2.24) is 4.90 Å². The lowest BCUT2D eigenvalue weighted by Crippen LogP contribution is -2.11. The van der Waals surface area contributed by atoms with E-state index in [4.69, 9.17) is 34.8 Å². The van der Waals surface area contributed by atoms with E-state index in [0.717, 1.165) is 12.4 Å². The largest absolute Gasteiger partial charge is 0.506 e. The van der Waals surface area contributed by atoms with Crippen LogP contribution in [0, 0.1) is 0 Å². The molecule has 0 aliphatic heterocycles. The first-order valence-corrected chi connectivity index (χ1v) is 9.60. The van der Waals surface area contributed by atoms with Gasteiger partial charge in [-0.2, -0.15) is 8.42 Å². The maximum absolute atomic E-state index is 12.7. The molecule has 10 heteroatoms. The number of aromatic hydroxyl groups is 1. The summed E-state index contributed by atoms with van der Waals surface area (Å²) in [5.41, 5.74) is 0.0358. The summed E-state index contributed by atoms with van der Waals surface area (Å²) in [6.07, 6.45) is 1.11. The van der Waals surface area contributed by atoms with Gasteiger partial charge in [-0.3, -0.25) is 4.79 Å². The molecular weight excluding hydrogens is 423 g/mol. The van der Waals surface area contributed by atoms with Crippen LogP contribution in [0.3, 0.4) is 0 Å². The number of hydrogen-bond acceptors (Lipinski definition) is 4. The minimum atomic E-state index is -4.10. The second-order valence-corrected chi connectivity index (χ2v) is 8.16. The van der Waals surface area contributed by atoms with Crippen molar-refractivity contribution < 1.29 is 18.3 Å². The second kappa shape index (κ2) is 7.84. The zero-order chi connectivity index (χ0) is 19.6. The van der Waals surface area contributed by atoms with Gasteiger partial charge in [0.05, 0.1) is 10.0 Å². The molecule has 0 saturated heterocycles. The number of ketones is 1. The molecule has 0 atom stereocenters. The van der Waals surface area contributed by atoms with E-state index >= 15 is 0 Å². The summed E-state index contributed by atoms with van der Waals surface area (Å²) in [4.78, 5) is 13.8. The molecule has 2 aromatic rings. The van der Waals surface area contributed by atoms with Crippen LogP contribution in [0.4, 0.5) is 0 Å². The maximum Gasteiger partial charge on any atom is 0.285 e. The van der Waals surface area contributed by atoms with E-state index in [1.807, 2.05) is 0 Å². The third kappa shape index (κ3) is 4.29. The first-order valence-electron chi connectivity index (χ1n) is 7.02. The van der Waals surface area contributed by atoms with Crippen molar-refractivity contribution in [3.8, 4) is 5.75 Å². The van der Waals surface area contributed by atoms with Crippen LogP contribution in [0.5, 0.6) is 5.75 Å². The molecule has 0 spiro atoms. The highest BCUT2D eigenvalue weighted by Gasteiger charge is 2.22. The van der Waals surface area contributed by atoms with Crippen LogP contribution in [0.25, 0.3) is 0 Å². The number of sulfonamides is 1. The molecule has 0 aliphatic rings. The van der Waals surface area contributed by atoms with Gasteiger partial charge in [0.1, 0.15) is 22.0 Å². The number of carbonyl (C=O) groups is 1. The normalized spacial score (nSPS) is 11.7. The molecule has 0 radical (unpaired) electrons. The number of nitrogens with zero attached hydrogens (tertiary/aromatic N) is 2. The first-order chi connectivity index (χ1) is 12.0. The number of hydrogen-bond donors (Lipinski definition) is 1. The fourth-order valence-corrected chi connectivity index (χ4v) is 3.76. The molecule has 1 N–H and O–H groups in total. The Morgan fingerprint density at radius 2 is 1.77 bits per heavy atom. The van der Waals surface area contributed by atoms with E-state index in [1.165, 1.54) is 29.2 Å². The lowest BCUT2D eigenvalue weighted by molar-refractivity contribution is 0.103. The highest BCUT2D eigenvalue weighted by Crippen LogP contribution is 2.35. The molecule has 0 saturated carbocycles. The number of benzene rings is 2. The van der Waals surface area contributed by atoms with Gasteiger partial charge in [0, 0.05) is 25.2 Å². The molecule has 0 fully saturated rings. The third-order valence-corrected chi connectivity index (χ3v) is 5.77. The van der Waals surface area contributed by atoms with Crippen LogP contribution in [0.2, 0.25) is 15.1 Å². The van der Waals surface area contributed by atoms with Crippen LogP contribution >= 0.6 is 34.8 Å². The van der Waals surface area contributed by atoms with E-state index in [0.29, 0.717) is 0 Å². The minimum Gasteiger partial charge on any atom is -0.506 e. The fraction of sp³-hybridized carbons (Fsp3) is 0.125. The number of phenols is 1. The van der Waals surface area contributed by atoms with Crippen molar-refractivity contribution in [2.75, 3.05) is 14.1 Å². The Hall–Kier alpha value is -1.80. The number of rotatable bonds is 5. The predicted molar refractivity (Wildman–Crippen MR) is 102 cm³/mol. The molecule has 138 valence electrons. The zero-order valence-electron chi connectivity index (χ0n) is 13.6. The van der Waals surface area contributed by atoms with E-state index in [2.05, 4.69) is 4.40 Å². The molecule has 2 rings (SSSR count). The molecule has 2 aromatic carbocycles. The summed E-state index contributed by atoms with van der Waals surface area (Å²) in [7, 11) is -0.888. The van der Waals surface area contributed by atoms with Crippen molar-refractivity contribution in [3.05, 3.63) is 56.5 Å². The summed E-state index contributed by atoms with van der Waals surface area (Å²) in [5.74, 6) is -0.854. The quantitative estimate of drug-likeness (QED) is 0.438. The predicted octanol–water partition coefficient (Wildman–Crippen LogP) is 3.86. The summed E-state index contributed by atoms with van der Waals surface area (Å²) >= 11 is 17.8. The van der Waals surface area contributed by atoms with Gasteiger partial charge in [0.15, 0.2) is 5.78 Å². The molecule has 0 unspecified atom stereocenters. The Labute approximate surface area is 165 Å². The highest BCUT2D eigenvalue weighted by atomic mass is 35.5. The van der Waals surface area contributed by atoms with Crippen LogP contribution in [-0.2, 0) is 10.0 Å². The standard InChI is InChI=1S/C16H13Cl3N2O4S/c1-21(2)8-20-26(24,25)13-7-9(3-5-11(13)17)16(23)10-4-6-12(22)15(19)14(10)18/h3-8,22H,1-2H3/b20-8+. The Morgan fingerprint density at radius 3 is 2.38 bits per heavy atom. The lowest BCUT2D eigenvalue weighted by Gasteiger charge is -2.09. The number of halogens is 3. The Balaban J connectivity index is 2.54. The van der Waals surface area contributed by atoms with Crippen molar-refractivity contribution in [2.45, 2.75) is 4.90 Å². The van der Waals surface area contributed by atoms with E-state index in [-0.39, 0.29) is 36.8 Å². The van der Waals surface area contributed by atoms with E-state index < -0.39 is 15.8 Å². The molecule has 0 aromatic heterocycles. The van der Waals surface area contributed by atoms with E-state index in [9.17, 15) is 18.3 Å². The van der Waals surface area contributed by atoms with Gasteiger partial charge in [-0.15, -0.1) is 4.40 Å². The molecular formula is C16H13Cl3N2O4S. The summed E-state index contributed by atoms with van der Waals surface area (Å²) < 4.78 is 28.2. The van der Waals surface area contributed by atoms with E-state index in [1.54, 1.807) is 14.1 Å². The molecule has 0 aliphatic carbocycles. The van der Waals surface area contributed by atoms with Gasteiger partial charge < -0.3 is 10.0 Å². The highest BCUT2D eigenvalue weighted by molar-refractivity contribution is 7.90. The van der Waals surface area contributed by atoms with Gasteiger partial charge in [0.25, 0.3) is 10.0 Å². The van der Waals surface area contributed by atoms with Crippen molar-refractivity contribution in [1.29, 1.82) is 0 Å². The minimum absolute atomic E-state index is 0.0110. The average molecular weight is 436 g/mol. The molecule has 0 heterocycles. The Bertz CT molecular complexity index is 1000. The van der Waals surface area contributed by atoms with Crippen LogP contribution in [0.1, 0.15) is 15.9 Å². The molecule has 26 heavy (non-hydrogen) atoms. The molecule has 0 amide bonds. The van der Waals surface area contributed by atoms with Gasteiger partial charge in [-0.05, 0) is 30.3 Å². The van der Waals surface area contributed by atoms with Gasteiger partial charge in [-0.1, -0.05) is 34.8 Å². The van der Waals surface area contributed by atoms with Crippen LogP contribution in [-0.4, -0.2) is 44.6 Å².